The van der Waals surface area contributed by atoms with E-state index in [-0.39, 0.29) is 5.78 Å². The fourth-order valence-corrected chi connectivity index (χ4v) is 2.99. The Kier molecular flexibility index (Phi) is 8.24. The molecule has 0 aromatic heterocycles. The summed E-state index contributed by atoms with van der Waals surface area (Å²) in [6.07, 6.45) is 8.37. The Balaban J connectivity index is 1.92. The zero-order valence-corrected chi connectivity index (χ0v) is 15.6. The van der Waals surface area contributed by atoms with Gasteiger partial charge < -0.3 is 4.74 Å². The first-order valence-corrected chi connectivity index (χ1v) is 9.61. The fourth-order valence-electron chi connectivity index (χ4n) is 2.99. The lowest BCUT2D eigenvalue weighted by atomic mass is 9.97. The van der Waals surface area contributed by atoms with Gasteiger partial charge in [-0.3, -0.25) is 4.79 Å². The van der Waals surface area contributed by atoms with Crippen molar-refractivity contribution >= 4 is 5.78 Å². The summed E-state index contributed by atoms with van der Waals surface area (Å²) in [4.78, 5) is 12.7. The summed E-state index contributed by atoms with van der Waals surface area (Å²) >= 11 is 0. The highest BCUT2D eigenvalue weighted by atomic mass is 16.5. The van der Waals surface area contributed by atoms with Crippen molar-refractivity contribution in [3.63, 3.8) is 0 Å². The van der Waals surface area contributed by atoms with Crippen molar-refractivity contribution in [3.05, 3.63) is 65.2 Å². The van der Waals surface area contributed by atoms with E-state index in [0.717, 1.165) is 41.9 Å². The van der Waals surface area contributed by atoms with Crippen LogP contribution in [0.5, 0.6) is 5.75 Å². The molecule has 0 saturated carbocycles. The van der Waals surface area contributed by atoms with Crippen LogP contribution in [0.4, 0.5) is 0 Å². The number of benzene rings is 2. The van der Waals surface area contributed by atoms with Gasteiger partial charge in [-0.2, -0.15) is 0 Å². The molecule has 0 unspecified atom stereocenters. The molecule has 2 rings (SSSR count). The van der Waals surface area contributed by atoms with Crippen molar-refractivity contribution in [2.75, 3.05) is 6.61 Å². The number of ether oxygens (including phenoxy) is 1. The molecule has 0 bridgehead atoms. The standard InChI is InChI=1S/C23H30O2/c1-3-5-6-7-8-12-17-25-21-15-16-22(19(4-2)18-21)23(24)20-13-10-9-11-14-20/h9-11,13-16,18H,3-8,12,17H2,1-2H3. The van der Waals surface area contributed by atoms with Gasteiger partial charge in [-0.25, -0.2) is 0 Å². The van der Waals surface area contributed by atoms with Gasteiger partial charge in [-0.15, -0.1) is 0 Å². The number of unbranched alkanes of at least 4 members (excludes halogenated alkanes) is 5. The van der Waals surface area contributed by atoms with Crippen LogP contribution < -0.4 is 4.74 Å². The maximum atomic E-state index is 12.7. The summed E-state index contributed by atoms with van der Waals surface area (Å²) in [6.45, 7) is 5.07. The Morgan fingerprint density at radius 1 is 0.880 bits per heavy atom. The Morgan fingerprint density at radius 2 is 1.60 bits per heavy atom. The molecule has 0 fully saturated rings. The van der Waals surface area contributed by atoms with E-state index in [1.54, 1.807) is 0 Å². The summed E-state index contributed by atoms with van der Waals surface area (Å²) in [5.74, 6) is 0.954. The lowest BCUT2D eigenvalue weighted by molar-refractivity contribution is 0.103. The van der Waals surface area contributed by atoms with Crippen LogP contribution in [0.15, 0.2) is 48.5 Å². The molecule has 0 atom stereocenters. The molecule has 0 aliphatic rings. The molecule has 2 aromatic rings. The molecule has 0 aliphatic heterocycles. The molecule has 2 nitrogen and oxygen atoms in total. The Bertz CT molecular complexity index is 646. The van der Waals surface area contributed by atoms with Crippen molar-refractivity contribution in [1.82, 2.24) is 0 Å². The zero-order valence-electron chi connectivity index (χ0n) is 15.6. The quantitative estimate of drug-likeness (QED) is 0.359. The number of aryl methyl sites for hydroxylation is 1. The van der Waals surface area contributed by atoms with Gasteiger partial charge in [0.1, 0.15) is 5.75 Å². The molecule has 25 heavy (non-hydrogen) atoms. The van der Waals surface area contributed by atoms with E-state index in [0.29, 0.717) is 0 Å². The van der Waals surface area contributed by atoms with Crippen LogP contribution in [-0.2, 0) is 6.42 Å². The van der Waals surface area contributed by atoms with Crippen molar-refractivity contribution in [1.29, 1.82) is 0 Å². The van der Waals surface area contributed by atoms with Crippen LogP contribution in [0.2, 0.25) is 0 Å². The molecule has 2 heteroatoms. The second-order valence-electron chi connectivity index (χ2n) is 6.48. The van der Waals surface area contributed by atoms with Gasteiger partial charge in [0.2, 0.25) is 0 Å². The smallest absolute Gasteiger partial charge is 0.193 e. The first-order chi connectivity index (χ1) is 12.3. The molecular formula is C23H30O2. The van der Waals surface area contributed by atoms with E-state index in [1.165, 1.54) is 32.1 Å². The average Bonchev–Trinajstić information content (AvgIpc) is 2.67. The number of rotatable bonds is 11. The molecule has 0 saturated heterocycles. The molecule has 0 N–H and O–H groups in total. The predicted octanol–water partition coefficient (Wildman–Crippen LogP) is 6.22. The third-order valence-corrected chi connectivity index (χ3v) is 4.50. The van der Waals surface area contributed by atoms with E-state index in [9.17, 15) is 4.79 Å². The van der Waals surface area contributed by atoms with Crippen molar-refractivity contribution in [3.8, 4) is 5.75 Å². The summed E-state index contributed by atoms with van der Waals surface area (Å²) in [7, 11) is 0. The molecule has 0 radical (unpaired) electrons. The minimum Gasteiger partial charge on any atom is -0.494 e. The third-order valence-electron chi connectivity index (χ3n) is 4.50. The van der Waals surface area contributed by atoms with Crippen LogP contribution in [0.3, 0.4) is 0 Å². The lowest BCUT2D eigenvalue weighted by Crippen LogP contribution is -2.06. The van der Waals surface area contributed by atoms with E-state index in [2.05, 4.69) is 13.8 Å². The number of carbonyl (C=O) groups is 1. The topological polar surface area (TPSA) is 26.3 Å². The van der Waals surface area contributed by atoms with Crippen LogP contribution in [-0.4, -0.2) is 12.4 Å². The van der Waals surface area contributed by atoms with Gasteiger partial charge in [-0.1, -0.05) is 76.3 Å². The molecule has 2 aromatic carbocycles. The zero-order chi connectivity index (χ0) is 17.9. The van der Waals surface area contributed by atoms with Gasteiger partial charge in [-0.05, 0) is 36.6 Å². The Labute approximate surface area is 152 Å². The monoisotopic (exact) mass is 338 g/mol. The van der Waals surface area contributed by atoms with Gasteiger partial charge in [0.05, 0.1) is 6.61 Å². The summed E-state index contributed by atoms with van der Waals surface area (Å²) in [5, 5.41) is 0. The number of hydrogen-bond donors (Lipinski definition) is 0. The SMILES string of the molecule is CCCCCCCCOc1ccc(C(=O)c2ccccc2)c(CC)c1. The molecular weight excluding hydrogens is 308 g/mol. The maximum absolute atomic E-state index is 12.7. The Morgan fingerprint density at radius 3 is 2.32 bits per heavy atom. The van der Waals surface area contributed by atoms with Crippen LogP contribution in [0, 0.1) is 0 Å². The fraction of sp³-hybridized carbons (Fsp3) is 0.435. The first kappa shape index (κ1) is 19.2. The van der Waals surface area contributed by atoms with E-state index in [4.69, 9.17) is 4.74 Å². The molecule has 134 valence electrons. The highest BCUT2D eigenvalue weighted by molar-refractivity contribution is 6.10. The summed E-state index contributed by atoms with van der Waals surface area (Å²) in [6, 6.07) is 15.3. The van der Waals surface area contributed by atoms with Crippen LogP contribution in [0.25, 0.3) is 0 Å². The molecule has 0 heterocycles. The summed E-state index contributed by atoms with van der Waals surface area (Å²) in [5.41, 5.74) is 2.56. The normalized spacial score (nSPS) is 10.6. The highest BCUT2D eigenvalue weighted by Crippen LogP contribution is 2.22. The summed E-state index contributed by atoms with van der Waals surface area (Å²) < 4.78 is 5.88. The van der Waals surface area contributed by atoms with Crippen molar-refractivity contribution < 1.29 is 9.53 Å². The minimum absolute atomic E-state index is 0.0833. The van der Waals surface area contributed by atoms with Gasteiger partial charge in [0.25, 0.3) is 0 Å². The molecule has 0 spiro atoms. The van der Waals surface area contributed by atoms with Crippen molar-refractivity contribution in [2.24, 2.45) is 0 Å². The van der Waals surface area contributed by atoms with Crippen LogP contribution in [0.1, 0.15) is 73.9 Å². The average molecular weight is 338 g/mol. The molecule has 0 amide bonds. The number of hydrogen-bond acceptors (Lipinski definition) is 2. The van der Waals surface area contributed by atoms with Crippen LogP contribution >= 0.6 is 0 Å². The molecule has 0 aliphatic carbocycles. The predicted molar refractivity (Wildman–Crippen MR) is 105 cm³/mol. The largest absolute Gasteiger partial charge is 0.494 e. The van der Waals surface area contributed by atoms with Gasteiger partial charge >= 0.3 is 0 Å². The van der Waals surface area contributed by atoms with Crippen molar-refractivity contribution in [2.45, 2.75) is 58.8 Å². The van der Waals surface area contributed by atoms with E-state index >= 15 is 0 Å². The maximum Gasteiger partial charge on any atom is 0.193 e. The lowest BCUT2D eigenvalue weighted by Gasteiger charge is -2.11. The Hall–Kier alpha value is -2.09. The minimum atomic E-state index is 0.0833. The highest BCUT2D eigenvalue weighted by Gasteiger charge is 2.13. The van der Waals surface area contributed by atoms with Gasteiger partial charge in [0, 0.05) is 11.1 Å². The second kappa shape index (κ2) is 10.7. The number of ketones is 1. The number of carbonyl (C=O) groups excluding carboxylic acids is 1. The van der Waals surface area contributed by atoms with E-state index in [1.807, 2.05) is 48.5 Å². The van der Waals surface area contributed by atoms with Gasteiger partial charge in [0.15, 0.2) is 5.78 Å². The third kappa shape index (κ3) is 6.04. The first-order valence-electron chi connectivity index (χ1n) is 9.61. The van der Waals surface area contributed by atoms with E-state index < -0.39 is 0 Å². The second-order valence-corrected chi connectivity index (χ2v) is 6.48.